The monoisotopic (exact) mass is 440 g/mol. The van der Waals surface area contributed by atoms with Crippen LogP contribution in [0.2, 0.25) is 0 Å². The fourth-order valence-electron chi connectivity index (χ4n) is 3.68. The van der Waals surface area contributed by atoms with Crippen LogP contribution in [0.25, 0.3) is 0 Å². The summed E-state index contributed by atoms with van der Waals surface area (Å²) in [7, 11) is 0. The van der Waals surface area contributed by atoms with E-state index < -0.39 is 11.2 Å². The Bertz CT molecular complexity index is 675. The summed E-state index contributed by atoms with van der Waals surface area (Å²) >= 11 is 0. The zero-order chi connectivity index (χ0) is 23.6. The molecular weight excluding hydrogens is 400 g/mol. The number of likely N-dealkylation sites (tertiary alicyclic amines) is 2. The number of ether oxygens (including phenoxy) is 3. The third kappa shape index (κ3) is 7.66. The number of piperidine rings is 2. The van der Waals surface area contributed by atoms with Crippen LogP contribution in [0.15, 0.2) is 0 Å². The standard InChI is InChI=1S/C12H21NO3.C11H19NO3/c1-9-7-13(6-5-12(9)8-15-12)10(14)16-11(2,3)4;1-8-7-12(6-5-9(8)13)10(14)15-11(2,3)4/h9H,5-8H2,1-4H3;8H,5-7H2,1-4H3. The molecule has 0 aromatic heterocycles. The molecular formula is C23H40N2O6. The molecule has 3 atom stereocenters. The van der Waals surface area contributed by atoms with Gasteiger partial charge in [0.2, 0.25) is 0 Å². The van der Waals surface area contributed by atoms with Crippen LogP contribution in [-0.2, 0) is 19.0 Å². The number of rotatable bonds is 0. The molecule has 0 N–H and O–H groups in total. The van der Waals surface area contributed by atoms with E-state index in [0.29, 0.717) is 25.4 Å². The van der Waals surface area contributed by atoms with Crippen LogP contribution >= 0.6 is 0 Å². The van der Waals surface area contributed by atoms with E-state index in [2.05, 4.69) is 6.92 Å². The second-order valence-electron chi connectivity index (χ2n) is 11.0. The van der Waals surface area contributed by atoms with Crippen LogP contribution in [0.4, 0.5) is 9.59 Å². The zero-order valence-electron chi connectivity index (χ0n) is 20.4. The second kappa shape index (κ2) is 9.35. The minimum absolute atomic E-state index is 0.0636. The molecule has 3 fully saturated rings. The van der Waals surface area contributed by atoms with E-state index >= 15 is 0 Å². The maximum Gasteiger partial charge on any atom is 0.410 e. The summed E-state index contributed by atoms with van der Waals surface area (Å²) < 4.78 is 16.1. The van der Waals surface area contributed by atoms with Gasteiger partial charge in [-0.2, -0.15) is 0 Å². The molecule has 2 amide bonds. The molecule has 0 aliphatic carbocycles. The lowest BCUT2D eigenvalue weighted by Gasteiger charge is -2.36. The quantitative estimate of drug-likeness (QED) is 0.532. The van der Waals surface area contributed by atoms with E-state index in [0.717, 1.165) is 26.1 Å². The molecule has 1 spiro atoms. The Morgan fingerprint density at radius 2 is 1.42 bits per heavy atom. The Kier molecular flexibility index (Phi) is 7.67. The number of epoxide rings is 1. The van der Waals surface area contributed by atoms with E-state index in [9.17, 15) is 14.4 Å². The van der Waals surface area contributed by atoms with Crippen LogP contribution < -0.4 is 0 Å². The maximum absolute atomic E-state index is 11.9. The summed E-state index contributed by atoms with van der Waals surface area (Å²) in [5.74, 6) is 0.579. The van der Waals surface area contributed by atoms with Crippen molar-refractivity contribution in [2.24, 2.45) is 11.8 Å². The maximum atomic E-state index is 11.9. The van der Waals surface area contributed by atoms with E-state index in [1.165, 1.54) is 0 Å². The summed E-state index contributed by atoms with van der Waals surface area (Å²) in [6, 6.07) is 0. The number of Topliss-reactive ketones (excluding diaryl/α,β-unsaturated/α-hetero) is 1. The molecule has 3 unspecified atom stereocenters. The van der Waals surface area contributed by atoms with Crippen molar-refractivity contribution >= 4 is 18.0 Å². The molecule has 0 bridgehead atoms. The van der Waals surface area contributed by atoms with Gasteiger partial charge in [-0.25, -0.2) is 9.59 Å². The van der Waals surface area contributed by atoms with E-state index in [4.69, 9.17) is 14.2 Å². The van der Waals surface area contributed by atoms with Crippen molar-refractivity contribution in [3.63, 3.8) is 0 Å². The SMILES string of the molecule is CC1CN(C(=O)OC(C)(C)C)CCC12CO2.CC1CN(C(=O)OC(C)(C)C)CCC1=O. The minimum Gasteiger partial charge on any atom is -0.444 e. The fourth-order valence-corrected chi connectivity index (χ4v) is 3.68. The van der Waals surface area contributed by atoms with Crippen molar-refractivity contribution in [3.8, 4) is 0 Å². The van der Waals surface area contributed by atoms with Gasteiger partial charge in [0.15, 0.2) is 0 Å². The van der Waals surface area contributed by atoms with Gasteiger partial charge in [0.05, 0.1) is 12.2 Å². The summed E-state index contributed by atoms with van der Waals surface area (Å²) in [5, 5.41) is 0. The molecule has 0 aromatic rings. The highest BCUT2D eigenvalue weighted by Crippen LogP contribution is 2.42. The van der Waals surface area contributed by atoms with Crippen LogP contribution in [0, 0.1) is 11.8 Å². The Morgan fingerprint density at radius 3 is 1.81 bits per heavy atom. The van der Waals surface area contributed by atoms with Gasteiger partial charge < -0.3 is 24.0 Å². The van der Waals surface area contributed by atoms with Gasteiger partial charge in [-0.05, 0) is 48.0 Å². The van der Waals surface area contributed by atoms with Crippen LogP contribution in [0.5, 0.6) is 0 Å². The van der Waals surface area contributed by atoms with Crippen LogP contribution in [-0.4, -0.2) is 77.4 Å². The lowest BCUT2D eigenvalue weighted by Crippen LogP contribution is -2.48. The number of hydrogen-bond donors (Lipinski definition) is 0. The molecule has 0 aromatic carbocycles. The molecule has 0 radical (unpaired) electrons. The molecule has 3 saturated heterocycles. The minimum atomic E-state index is -0.470. The molecule has 8 heteroatoms. The van der Waals surface area contributed by atoms with Crippen molar-refractivity contribution in [2.75, 3.05) is 32.8 Å². The lowest BCUT2D eigenvalue weighted by atomic mass is 9.87. The van der Waals surface area contributed by atoms with E-state index in [-0.39, 0.29) is 29.5 Å². The predicted molar refractivity (Wildman–Crippen MR) is 117 cm³/mol. The first kappa shape index (κ1) is 25.4. The highest BCUT2D eigenvalue weighted by Gasteiger charge is 2.52. The van der Waals surface area contributed by atoms with Crippen molar-refractivity contribution in [3.05, 3.63) is 0 Å². The molecule has 3 aliphatic heterocycles. The largest absolute Gasteiger partial charge is 0.444 e. The first-order valence-corrected chi connectivity index (χ1v) is 11.2. The van der Waals surface area contributed by atoms with Crippen molar-refractivity contribution in [2.45, 2.75) is 85.0 Å². The number of nitrogens with zero attached hydrogens (tertiary/aromatic N) is 2. The summed E-state index contributed by atoms with van der Waals surface area (Å²) in [6.07, 6.45) is 0.866. The molecule has 31 heavy (non-hydrogen) atoms. The Morgan fingerprint density at radius 1 is 0.935 bits per heavy atom. The van der Waals surface area contributed by atoms with Gasteiger partial charge in [0.25, 0.3) is 0 Å². The molecule has 3 rings (SSSR count). The first-order chi connectivity index (χ1) is 14.1. The van der Waals surface area contributed by atoms with Crippen molar-refractivity contribution in [1.29, 1.82) is 0 Å². The van der Waals surface area contributed by atoms with Gasteiger partial charge in [-0.1, -0.05) is 13.8 Å². The Hall–Kier alpha value is -1.83. The Balaban J connectivity index is 0.000000221. The third-order valence-electron chi connectivity index (χ3n) is 5.69. The topological polar surface area (TPSA) is 88.7 Å². The first-order valence-electron chi connectivity index (χ1n) is 11.2. The molecule has 0 saturated carbocycles. The van der Waals surface area contributed by atoms with Crippen LogP contribution in [0.1, 0.15) is 68.2 Å². The highest BCUT2D eigenvalue weighted by molar-refractivity contribution is 5.83. The van der Waals surface area contributed by atoms with Crippen LogP contribution in [0.3, 0.4) is 0 Å². The number of carbonyl (C=O) groups is 3. The molecule has 178 valence electrons. The number of hydrogen-bond acceptors (Lipinski definition) is 6. The fraction of sp³-hybridized carbons (Fsp3) is 0.870. The van der Waals surface area contributed by atoms with Crippen molar-refractivity contribution in [1.82, 2.24) is 9.80 Å². The lowest BCUT2D eigenvalue weighted by molar-refractivity contribution is -0.125. The van der Waals surface area contributed by atoms with E-state index in [1.807, 2.05) is 48.5 Å². The average Bonchev–Trinajstić information content (AvgIpc) is 3.38. The summed E-state index contributed by atoms with van der Waals surface area (Å²) in [6.45, 7) is 18.5. The van der Waals surface area contributed by atoms with Gasteiger partial charge in [-0.15, -0.1) is 0 Å². The average molecular weight is 441 g/mol. The van der Waals surface area contributed by atoms with Gasteiger partial charge in [-0.3, -0.25) is 4.79 Å². The molecule has 3 aliphatic rings. The second-order valence-corrected chi connectivity index (χ2v) is 11.0. The Labute approximate surface area is 186 Å². The highest BCUT2D eigenvalue weighted by atomic mass is 16.6. The molecule has 3 heterocycles. The van der Waals surface area contributed by atoms with Gasteiger partial charge >= 0.3 is 12.2 Å². The third-order valence-corrected chi connectivity index (χ3v) is 5.69. The summed E-state index contributed by atoms with van der Waals surface area (Å²) in [5.41, 5.74) is -0.800. The van der Waals surface area contributed by atoms with Crippen molar-refractivity contribution < 1.29 is 28.6 Å². The van der Waals surface area contributed by atoms with Gasteiger partial charge in [0, 0.05) is 44.4 Å². The predicted octanol–water partition coefficient (Wildman–Crippen LogP) is 3.86. The van der Waals surface area contributed by atoms with E-state index in [1.54, 1.807) is 9.80 Å². The zero-order valence-corrected chi connectivity index (χ0v) is 20.4. The smallest absolute Gasteiger partial charge is 0.410 e. The number of amides is 2. The summed E-state index contributed by atoms with van der Waals surface area (Å²) in [4.78, 5) is 38.2. The number of carbonyl (C=O) groups excluding carboxylic acids is 3. The normalized spacial score (nSPS) is 28.6. The molecule has 8 nitrogen and oxygen atoms in total. The number of ketones is 1. The van der Waals surface area contributed by atoms with Gasteiger partial charge in [0.1, 0.15) is 17.0 Å².